The van der Waals surface area contributed by atoms with Crippen molar-refractivity contribution in [3.63, 3.8) is 0 Å². The summed E-state index contributed by atoms with van der Waals surface area (Å²) in [5, 5.41) is 0. The maximum absolute atomic E-state index is 13.7. The number of halogens is 2. The van der Waals surface area contributed by atoms with E-state index in [1.54, 1.807) is 100 Å². The Balaban J connectivity index is 1.48. The van der Waals surface area contributed by atoms with E-state index in [0.29, 0.717) is 22.6 Å². The molecule has 1 fully saturated rings. The summed E-state index contributed by atoms with van der Waals surface area (Å²) in [6.07, 6.45) is -1.64. The predicted octanol–water partition coefficient (Wildman–Crippen LogP) is 7.62. The smallest absolute Gasteiger partial charge is 0.338 e. The molecule has 12 nitrogen and oxygen atoms in total. The molecule has 0 aliphatic carbocycles. The Kier molecular flexibility index (Phi) is 15.4. The van der Waals surface area contributed by atoms with Gasteiger partial charge < -0.3 is 37.9 Å². The summed E-state index contributed by atoms with van der Waals surface area (Å²) < 4.78 is 47.5. The molecule has 5 rings (SSSR count). The van der Waals surface area contributed by atoms with Gasteiger partial charge in [-0.15, -0.1) is 0 Å². The summed E-state index contributed by atoms with van der Waals surface area (Å²) in [6, 6.07) is 26.7. The van der Waals surface area contributed by atoms with Gasteiger partial charge in [-0.3, -0.25) is 0 Å². The highest BCUT2D eigenvalue weighted by atomic mass is 79.9. The second kappa shape index (κ2) is 20.6. The second-order valence-electron chi connectivity index (χ2n) is 12.0. The lowest BCUT2D eigenvalue weighted by Gasteiger charge is -2.44. The van der Waals surface area contributed by atoms with Crippen LogP contribution in [0.25, 0.3) is 12.2 Å². The molecule has 4 aromatic carbocycles. The number of carbonyl (C=O) groups excluding carboxylic acids is 4. The Labute approximate surface area is 340 Å². The Morgan fingerprint density at radius 2 is 1.07 bits per heavy atom. The van der Waals surface area contributed by atoms with E-state index in [4.69, 9.17) is 37.9 Å². The Hall–Kier alpha value is -5.28. The lowest BCUT2D eigenvalue weighted by Crippen LogP contribution is -2.63. The lowest BCUT2D eigenvalue weighted by molar-refractivity contribution is -0.300. The number of rotatable bonds is 15. The summed E-state index contributed by atoms with van der Waals surface area (Å²) in [5.74, 6) is -1.94. The van der Waals surface area contributed by atoms with Crippen molar-refractivity contribution < 1.29 is 57.1 Å². The van der Waals surface area contributed by atoms with Crippen molar-refractivity contribution in [3.8, 4) is 11.5 Å². The average molecular weight is 895 g/mol. The van der Waals surface area contributed by atoms with E-state index in [0.717, 1.165) is 8.95 Å². The van der Waals surface area contributed by atoms with E-state index >= 15 is 0 Å². The topological polar surface area (TPSA) is 142 Å². The molecule has 1 aliphatic rings. The molecule has 1 saturated heterocycles. The molecule has 56 heavy (non-hydrogen) atoms. The van der Waals surface area contributed by atoms with Crippen molar-refractivity contribution in [2.45, 2.75) is 37.6 Å². The van der Waals surface area contributed by atoms with Crippen LogP contribution in [0.4, 0.5) is 0 Å². The van der Waals surface area contributed by atoms with Crippen LogP contribution in [0.1, 0.15) is 38.8 Å². The number of benzene rings is 4. The second-order valence-corrected chi connectivity index (χ2v) is 13.8. The molecule has 0 aromatic heterocycles. The molecule has 1 aliphatic heterocycles. The van der Waals surface area contributed by atoms with Gasteiger partial charge in [0.05, 0.1) is 25.3 Å². The SMILES string of the molecule is CCO[C@@H]1O[C@H](COC(=O)/C=C/c2ccc(OC)cc2)[C@@H](OC(=O)/C=C/c2ccc(OC)cc2)[C@H](OC(=O)c2ccc(Br)cc2)[C@H]1OC(=O)c1ccc(Br)cc1. The van der Waals surface area contributed by atoms with Crippen molar-refractivity contribution in [3.05, 3.63) is 140 Å². The molecule has 0 N–H and O–H groups in total. The third kappa shape index (κ3) is 11.9. The fraction of sp³-hybridized carbons (Fsp3) is 0.238. The summed E-state index contributed by atoms with van der Waals surface area (Å²) in [5.41, 5.74) is 1.70. The standard InChI is InChI=1S/C42H38Br2O12/c1-4-51-42-39(56-41(48)29-13-17-31(44)18-14-29)38(55-40(47)28-11-15-30(43)16-12-28)37(54-36(46)24-10-27-7-21-33(50-3)22-8-27)34(53-42)25-52-35(45)23-9-26-5-19-32(49-2)20-6-26/h5-24,34,37-39,42H,4,25H2,1-3H3/b23-9+,24-10+/t34-,37-,38+,39-,42-/m1/s1. The number of esters is 4. The van der Waals surface area contributed by atoms with Crippen LogP contribution in [-0.4, -0.2) is 82.0 Å². The van der Waals surface area contributed by atoms with Crippen LogP contribution in [0.5, 0.6) is 11.5 Å². The fourth-order valence-corrected chi connectivity index (χ4v) is 5.94. The van der Waals surface area contributed by atoms with E-state index in [2.05, 4.69) is 31.9 Å². The molecule has 1 heterocycles. The number of hydrogen-bond donors (Lipinski definition) is 0. The van der Waals surface area contributed by atoms with E-state index in [9.17, 15) is 19.2 Å². The number of carbonyl (C=O) groups is 4. The van der Waals surface area contributed by atoms with Gasteiger partial charge in [-0.2, -0.15) is 0 Å². The predicted molar refractivity (Wildman–Crippen MR) is 212 cm³/mol. The molecule has 5 atom stereocenters. The lowest BCUT2D eigenvalue weighted by atomic mass is 9.97. The number of ether oxygens (including phenoxy) is 8. The van der Waals surface area contributed by atoms with Gasteiger partial charge in [0.2, 0.25) is 0 Å². The highest BCUT2D eigenvalue weighted by Crippen LogP contribution is 2.32. The van der Waals surface area contributed by atoms with Gasteiger partial charge in [-0.1, -0.05) is 56.1 Å². The number of hydrogen-bond acceptors (Lipinski definition) is 12. The molecule has 14 heteroatoms. The quantitative estimate of drug-likeness (QED) is 0.0659. The van der Waals surface area contributed by atoms with Gasteiger partial charge >= 0.3 is 23.9 Å². The summed E-state index contributed by atoms with van der Waals surface area (Å²) in [4.78, 5) is 53.8. The minimum absolute atomic E-state index is 0.0799. The highest BCUT2D eigenvalue weighted by Gasteiger charge is 2.53. The fourth-order valence-electron chi connectivity index (χ4n) is 5.41. The maximum Gasteiger partial charge on any atom is 0.338 e. The first-order valence-electron chi connectivity index (χ1n) is 17.3. The van der Waals surface area contributed by atoms with Crippen LogP contribution >= 0.6 is 31.9 Å². The molecule has 0 saturated carbocycles. The summed E-state index contributed by atoms with van der Waals surface area (Å²) in [7, 11) is 3.09. The minimum Gasteiger partial charge on any atom is -0.497 e. The number of methoxy groups -OCH3 is 2. The van der Waals surface area contributed by atoms with Gasteiger partial charge in [0, 0.05) is 27.7 Å². The molecule has 0 bridgehead atoms. The third-order valence-electron chi connectivity index (χ3n) is 8.27. The largest absolute Gasteiger partial charge is 0.497 e. The first-order valence-corrected chi connectivity index (χ1v) is 18.9. The Bertz CT molecular complexity index is 2000. The van der Waals surface area contributed by atoms with Gasteiger partial charge in [0.25, 0.3) is 0 Å². The van der Waals surface area contributed by atoms with Crippen LogP contribution in [0.3, 0.4) is 0 Å². The molecule has 0 unspecified atom stereocenters. The third-order valence-corrected chi connectivity index (χ3v) is 9.32. The zero-order valence-electron chi connectivity index (χ0n) is 30.5. The monoisotopic (exact) mass is 892 g/mol. The van der Waals surface area contributed by atoms with Crippen molar-refractivity contribution in [2.24, 2.45) is 0 Å². The summed E-state index contributed by atoms with van der Waals surface area (Å²) in [6.45, 7) is 1.29. The van der Waals surface area contributed by atoms with Crippen molar-refractivity contribution in [2.75, 3.05) is 27.4 Å². The molecular weight excluding hydrogens is 856 g/mol. The first-order chi connectivity index (χ1) is 27.1. The summed E-state index contributed by atoms with van der Waals surface area (Å²) >= 11 is 6.71. The van der Waals surface area contributed by atoms with Crippen molar-refractivity contribution in [1.29, 1.82) is 0 Å². The van der Waals surface area contributed by atoms with Crippen LogP contribution < -0.4 is 9.47 Å². The van der Waals surface area contributed by atoms with Crippen molar-refractivity contribution >= 4 is 67.9 Å². The average Bonchev–Trinajstić information content (AvgIpc) is 3.21. The van der Waals surface area contributed by atoms with Gasteiger partial charge in [0.15, 0.2) is 24.6 Å². The van der Waals surface area contributed by atoms with Crippen LogP contribution in [-0.2, 0) is 38.0 Å². The van der Waals surface area contributed by atoms with E-state index < -0.39 is 61.2 Å². The van der Waals surface area contributed by atoms with Gasteiger partial charge in [0.1, 0.15) is 24.2 Å². The van der Waals surface area contributed by atoms with Gasteiger partial charge in [-0.25, -0.2) is 19.2 Å². The molecule has 0 spiro atoms. The van der Waals surface area contributed by atoms with Crippen LogP contribution in [0.15, 0.2) is 118 Å². The molecule has 0 radical (unpaired) electrons. The van der Waals surface area contributed by atoms with Crippen molar-refractivity contribution in [1.82, 2.24) is 0 Å². The molecule has 4 aromatic rings. The molecule has 0 amide bonds. The van der Waals surface area contributed by atoms with E-state index in [1.165, 1.54) is 42.5 Å². The Morgan fingerprint density at radius 1 is 0.607 bits per heavy atom. The highest BCUT2D eigenvalue weighted by molar-refractivity contribution is 9.10. The van der Waals surface area contributed by atoms with Crippen LogP contribution in [0.2, 0.25) is 0 Å². The normalized spacial score (nSPS) is 19.3. The molecule has 292 valence electrons. The first kappa shape index (κ1) is 41.9. The van der Waals surface area contributed by atoms with Crippen LogP contribution in [0, 0.1) is 0 Å². The molecular formula is C42H38Br2O12. The van der Waals surface area contributed by atoms with E-state index in [1.807, 2.05) is 0 Å². The zero-order chi connectivity index (χ0) is 40.0. The zero-order valence-corrected chi connectivity index (χ0v) is 33.7. The van der Waals surface area contributed by atoms with E-state index in [-0.39, 0.29) is 17.7 Å². The Morgan fingerprint density at radius 3 is 1.54 bits per heavy atom. The van der Waals surface area contributed by atoms with Gasteiger partial charge in [-0.05, 0) is 103 Å². The maximum atomic E-state index is 13.7. The minimum atomic E-state index is -1.52.